The summed E-state index contributed by atoms with van der Waals surface area (Å²) < 4.78 is 0.940. The van der Waals surface area contributed by atoms with Crippen molar-refractivity contribution in [2.24, 2.45) is 0 Å². The average molecular weight is 374 g/mol. The summed E-state index contributed by atoms with van der Waals surface area (Å²) in [5.41, 5.74) is 1.52. The first kappa shape index (κ1) is 15.7. The molecule has 0 bridgehead atoms. The predicted octanol–water partition coefficient (Wildman–Crippen LogP) is 3.33. The molecule has 1 saturated heterocycles. The number of carbonyl (C=O) groups excluding carboxylic acids is 2. The maximum absolute atomic E-state index is 12.4. The van der Waals surface area contributed by atoms with Crippen LogP contribution in [0.3, 0.4) is 0 Å². The quantitative estimate of drug-likeness (QED) is 0.897. The van der Waals surface area contributed by atoms with Crippen LogP contribution in [-0.2, 0) is 0 Å². The Hall–Kier alpha value is -2.21. The van der Waals surface area contributed by atoms with Gasteiger partial charge < -0.3 is 10.2 Å². The van der Waals surface area contributed by atoms with Gasteiger partial charge in [0.2, 0.25) is 0 Å². The van der Waals surface area contributed by atoms with Crippen LogP contribution in [0.1, 0.15) is 33.6 Å². The summed E-state index contributed by atoms with van der Waals surface area (Å²) in [6.07, 6.45) is 5.04. The van der Waals surface area contributed by atoms with Crippen LogP contribution in [0.4, 0.5) is 5.69 Å². The number of amides is 2. The van der Waals surface area contributed by atoms with E-state index in [1.54, 1.807) is 23.1 Å². The van der Waals surface area contributed by atoms with Gasteiger partial charge in [-0.05, 0) is 43.2 Å². The number of anilines is 1. The van der Waals surface area contributed by atoms with E-state index in [2.05, 4.69) is 26.2 Å². The monoisotopic (exact) mass is 373 g/mol. The third-order valence-electron chi connectivity index (χ3n) is 3.74. The minimum absolute atomic E-state index is 0.0618. The Morgan fingerprint density at radius 2 is 1.70 bits per heavy atom. The Bertz CT molecular complexity index is 725. The molecule has 118 valence electrons. The lowest BCUT2D eigenvalue weighted by Crippen LogP contribution is -2.28. The van der Waals surface area contributed by atoms with E-state index < -0.39 is 0 Å². The number of rotatable bonds is 3. The summed E-state index contributed by atoms with van der Waals surface area (Å²) in [4.78, 5) is 30.5. The molecule has 6 heteroatoms. The van der Waals surface area contributed by atoms with Crippen LogP contribution in [0, 0.1) is 0 Å². The zero-order chi connectivity index (χ0) is 16.2. The highest BCUT2D eigenvalue weighted by atomic mass is 79.9. The zero-order valence-electron chi connectivity index (χ0n) is 12.5. The van der Waals surface area contributed by atoms with Crippen molar-refractivity contribution in [1.82, 2.24) is 9.88 Å². The number of carbonyl (C=O) groups is 2. The van der Waals surface area contributed by atoms with Gasteiger partial charge in [0.05, 0.1) is 11.1 Å². The number of likely N-dealkylation sites (tertiary alicyclic amines) is 1. The second-order valence-electron chi connectivity index (χ2n) is 5.42. The zero-order valence-corrected chi connectivity index (χ0v) is 14.0. The van der Waals surface area contributed by atoms with E-state index in [4.69, 9.17) is 0 Å². The topological polar surface area (TPSA) is 62.3 Å². The van der Waals surface area contributed by atoms with Crippen LogP contribution in [0.2, 0.25) is 0 Å². The number of hydrogen-bond donors (Lipinski definition) is 1. The van der Waals surface area contributed by atoms with Crippen LogP contribution >= 0.6 is 15.9 Å². The first-order valence-corrected chi connectivity index (χ1v) is 8.24. The Morgan fingerprint density at radius 1 is 1.04 bits per heavy atom. The van der Waals surface area contributed by atoms with Crippen LogP contribution in [0.15, 0.2) is 47.2 Å². The standard InChI is InChI=1S/C17H16BrN3O2/c18-14-3-5-15(6-4-14)20-16(22)12-9-13(11-19-10-12)17(23)21-7-1-2-8-21/h3-6,9-11H,1-2,7-8H2,(H,20,22). The van der Waals surface area contributed by atoms with Gasteiger partial charge in [0.1, 0.15) is 0 Å². The summed E-state index contributed by atoms with van der Waals surface area (Å²) in [5.74, 6) is -0.343. The molecule has 1 aromatic heterocycles. The van der Waals surface area contributed by atoms with E-state index in [0.717, 1.165) is 30.4 Å². The summed E-state index contributed by atoms with van der Waals surface area (Å²) >= 11 is 3.35. The molecule has 1 aliphatic rings. The van der Waals surface area contributed by atoms with Crippen LogP contribution < -0.4 is 5.32 Å². The third-order valence-corrected chi connectivity index (χ3v) is 4.27. The molecule has 2 heterocycles. The van der Waals surface area contributed by atoms with Gasteiger partial charge in [0.15, 0.2) is 0 Å². The van der Waals surface area contributed by atoms with Crippen LogP contribution in [0.5, 0.6) is 0 Å². The van der Waals surface area contributed by atoms with Gasteiger partial charge in [-0.3, -0.25) is 14.6 Å². The Morgan fingerprint density at radius 3 is 2.39 bits per heavy atom. The van der Waals surface area contributed by atoms with Crippen molar-refractivity contribution >= 4 is 33.4 Å². The van der Waals surface area contributed by atoms with Crippen molar-refractivity contribution in [3.05, 3.63) is 58.3 Å². The maximum Gasteiger partial charge on any atom is 0.257 e. The molecule has 2 amide bonds. The number of nitrogens with zero attached hydrogens (tertiary/aromatic N) is 2. The smallest absolute Gasteiger partial charge is 0.257 e. The molecule has 1 aromatic carbocycles. The summed E-state index contributed by atoms with van der Waals surface area (Å²) in [6, 6.07) is 8.90. The average Bonchev–Trinajstić information content (AvgIpc) is 3.11. The molecule has 0 aliphatic carbocycles. The van der Waals surface area contributed by atoms with E-state index >= 15 is 0 Å². The van der Waals surface area contributed by atoms with Gasteiger partial charge in [0.25, 0.3) is 11.8 Å². The summed E-state index contributed by atoms with van der Waals surface area (Å²) in [7, 11) is 0. The number of nitrogens with one attached hydrogen (secondary N) is 1. The largest absolute Gasteiger partial charge is 0.339 e. The van der Waals surface area contributed by atoms with E-state index in [-0.39, 0.29) is 11.8 Å². The molecule has 5 nitrogen and oxygen atoms in total. The molecule has 1 N–H and O–H groups in total. The molecule has 0 unspecified atom stereocenters. The molecular formula is C17H16BrN3O2. The fourth-order valence-corrected chi connectivity index (χ4v) is 2.78. The SMILES string of the molecule is O=C(Nc1ccc(Br)cc1)c1cncc(C(=O)N2CCCC2)c1. The Labute approximate surface area is 142 Å². The highest BCUT2D eigenvalue weighted by Crippen LogP contribution is 2.16. The molecule has 3 rings (SSSR count). The van der Waals surface area contributed by atoms with Crippen LogP contribution in [-0.4, -0.2) is 34.8 Å². The van der Waals surface area contributed by atoms with Crippen molar-refractivity contribution in [3.63, 3.8) is 0 Å². The minimum Gasteiger partial charge on any atom is -0.339 e. The molecule has 2 aromatic rings. The number of hydrogen-bond acceptors (Lipinski definition) is 3. The fraction of sp³-hybridized carbons (Fsp3) is 0.235. The molecule has 23 heavy (non-hydrogen) atoms. The first-order valence-electron chi connectivity index (χ1n) is 7.45. The summed E-state index contributed by atoms with van der Waals surface area (Å²) in [6.45, 7) is 1.54. The van der Waals surface area contributed by atoms with Crippen LogP contribution in [0.25, 0.3) is 0 Å². The fourth-order valence-electron chi connectivity index (χ4n) is 2.52. The molecule has 0 spiro atoms. The highest BCUT2D eigenvalue weighted by Gasteiger charge is 2.20. The Kier molecular flexibility index (Phi) is 4.71. The lowest BCUT2D eigenvalue weighted by atomic mass is 10.1. The number of benzene rings is 1. The molecule has 0 atom stereocenters. The molecule has 0 saturated carbocycles. The Balaban J connectivity index is 1.74. The van der Waals surface area contributed by atoms with E-state index in [1.165, 1.54) is 12.4 Å². The van der Waals surface area contributed by atoms with Gasteiger partial charge in [-0.25, -0.2) is 0 Å². The summed E-state index contributed by atoms with van der Waals surface area (Å²) in [5, 5.41) is 2.80. The van der Waals surface area contributed by atoms with Gasteiger partial charge in [-0.2, -0.15) is 0 Å². The second kappa shape index (κ2) is 6.91. The number of aromatic nitrogens is 1. The van der Waals surface area contributed by atoms with Gasteiger partial charge in [-0.15, -0.1) is 0 Å². The van der Waals surface area contributed by atoms with Crippen molar-refractivity contribution in [2.75, 3.05) is 18.4 Å². The maximum atomic E-state index is 12.4. The molecule has 0 radical (unpaired) electrons. The van der Waals surface area contributed by atoms with Crippen molar-refractivity contribution < 1.29 is 9.59 Å². The number of pyridine rings is 1. The normalized spacial score (nSPS) is 13.9. The highest BCUT2D eigenvalue weighted by molar-refractivity contribution is 9.10. The molecule has 1 fully saturated rings. The van der Waals surface area contributed by atoms with Gasteiger partial charge in [0, 0.05) is 35.6 Å². The van der Waals surface area contributed by atoms with E-state index in [9.17, 15) is 9.59 Å². The lowest BCUT2D eigenvalue weighted by Gasteiger charge is -2.15. The van der Waals surface area contributed by atoms with Crippen molar-refractivity contribution in [1.29, 1.82) is 0 Å². The second-order valence-corrected chi connectivity index (χ2v) is 6.34. The predicted molar refractivity (Wildman–Crippen MR) is 91.5 cm³/mol. The van der Waals surface area contributed by atoms with Crippen molar-refractivity contribution in [3.8, 4) is 0 Å². The van der Waals surface area contributed by atoms with Gasteiger partial charge in [-0.1, -0.05) is 15.9 Å². The number of halogens is 1. The van der Waals surface area contributed by atoms with Crippen molar-refractivity contribution in [2.45, 2.75) is 12.8 Å². The molecule has 1 aliphatic heterocycles. The molecular weight excluding hydrogens is 358 g/mol. The third kappa shape index (κ3) is 3.76. The first-order chi connectivity index (χ1) is 11.1. The lowest BCUT2D eigenvalue weighted by molar-refractivity contribution is 0.0792. The van der Waals surface area contributed by atoms with E-state index in [0.29, 0.717) is 16.8 Å². The minimum atomic E-state index is -0.282. The van der Waals surface area contributed by atoms with Gasteiger partial charge >= 0.3 is 0 Å². The van der Waals surface area contributed by atoms with E-state index in [1.807, 2.05) is 12.1 Å².